The molecule has 0 aliphatic carbocycles. The second-order valence-electron chi connectivity index (χ2n) is 5.01. The molecule has 0 atom stereocenters. The number of carbonyl (C=O) groups is 2. The minimum Gasteiger partial charge on any atom is -0.343 e. The van der Waals surface area contributed by atoms with Crippen LogP contribution in [-0.2, 0) is 4.79 Å². The first kappa shape index (κ1) is 15.4. The Bertz CT molecular complexity index is 513. The summed E-state index contributed by atoms with van der Waals surface area (Å²) in [4.78, 5) is 27.9. The predicted molar refractivity (Wildman–Crippen MR) is 77.4 cm³/mol. The van der Waals surface area contributed by atoms with Gasteiger partial charge in [0.25, 0.3) is 5.91 Å². The summed E-state index contributed by atoms with van der Waals surface area (Å²) in [5.74, 6) is -1.00. The summed E-state index contributed by atoms with van der Waals surface area (Å²) in [6.45, 7) is 6.11. The van der Waals surface area contributed by atoms with Crippen LogP contribution in [0.2, 0.25) is 0 Å². The molecule has 5 nitrogen and oxygen atoms in total. The van der Waals surface area contributed by atoms with E-state index < -0.39 is 11.7 Å². The zero-order valence-electron chi connectivity index (χ0n) is 12.1. The summed E-state index contributed by atoms with van der Waals surface area (Å²) in [7, 11) is 0. The van der Waals surface area contributed by atoms with E-state index in [1.54, 1.807) is 4.90 Å². The fourth-order valence-electron chi connectivity index (χ4n) is 2.31. The number of rotatable bonds is 4. The minimum atomic E-state index is -0.468. The maximum absolute atomic E-state index is 13.0. The third-order valence-corrected chi connectivity index (χ3v) is 3.66. The number of nitrogens with zero attached hydrogens (tertiary/aromatic N) is 2. The molecular formula is C15H20FN3O2. The monoisotopic (exact) mass is 293 g/mol. The van der Waals surface area contributed by atoms with Gasteiger partial charge >= 0.3 is 0 Å². The van der Waals surface area contributed by atoms with Gasteiger partial charge < -0.3 is 15.1 Å². The lowest BCUT2D eigenvalue weighted by molar-refractivity contribution is -0.131. The van der Waals surface area contributed by atoms with E-state index in [1.165, 1.54) is 18.2 Å². The molecule has 1 heterocycles. The van der Waals surface area contributed by atoms with Gasteiger partial charge in [0.2, 0.25) is 5.91 Å². The van der Waals surface area contributed by atoms with Crippen LogP contribution in [0.25, 0.3) is 0 Å². The van der Waals surface area contributed by atoms with Crippen LogP contribution >= 0.6 is 0 Å². The molecule has 1 aromatic carbocycles. The highest BCUT2D eigenvalue weighted by atomic mass is 19.1. The molecule has 1 N–H and O–H groups in total. The van der Waals surface area contributed by atoms with E-state index >= 15 is 0 Å². The number of nitrogens with one attached hydrogen (secondary N) is 1. The van der Waals surface area contributed by atoms with Crippen LogP contribution in [0.5, 0.6) is 0 Å². The lowest BCUT2D eigenvalue weighted by atomic mass is 10.2. The van der Waals surface area contributed by atoms with Gasteiger partial charge in [-0.1, -0.05) is 13.0 Å². The number of hydrogen-bond donors (Lipinski definition) is 1. The van der Waals surface area contributed by atoms with E-state index in [1.807, 2.05) is 0 Å². The maximum atomic E-state index is 13.0. The molecule has 0 radical (unpaired) electrons. The summed E-state index contributed by atoms with van der Waals surface area (Å²) in [5, 5.41) is 2.54. The molecule has 114 valence electrons. The molecule has 21 heavy (non-hydrogen) atoms. The number of benzene rings is 1. The van der Waals surface area contributed by atoms with E-state index in [9.17, 15) is 14.0 Å². The van der Waals surface area contributed by atoms with Crippen LogP contribution in [0.1, 0.15) is 17.3 Å². The Morgan fingerprint density at radius 2 is 1.95 bits per heavy atom. The first-order valence-corrected chi connectivity index (χ1v) is 7.14. The Hall–Kier alpha value is -1.95. The summed E-state index contributed by atoms with van der Waals surface area (Å²) in [6.07, 6.45) is 0. The van der Waals surface area contributed by atoms with Gasteiger partial charge in [-0.2, -0.15) is 0 Å². The van der Waals surface area contributed by atoms with E-state index in [0.717, 1.165) is 25.7 Å². The standard InChI is InChI=1S/C15H20FN3O2/c1-2-18-6-8-19(9-7-18)14(20)11-17-15(21)12-4-3-5-13(16)10-12/h3-5,10H,2,6-9,11H2,1H3,(H,17,21). The van der Waals surface area contributed by atoms with E-state index in [0.29, 0.717) is 13.1 Å². The summed E-state index contributed by atoms with van der Waals surface area (Å²) in [6, 6.07) is 5.41. The normalized spacial score (nSPS) is 15.8. The molecule has 1 aliphatic rings. The predicted octanol–water partition coefficient (Wildman–Crippen LogP) is 0.720. The molecule has 2 rings (SSSR count). The first-order chi connectivity index (χ1) is 10.1. The molecule has 1 aromatic rings. The van der Waals surface area contributed by atoms with E-state index in [2.05, 4.69) is 17.1 Å². The molecule has 1 fully saturated rings. The molecule has 1 aliphatic heterocycles. The van der Waals surface area contributed by atoms with Crippen LogP contribution in [-0.4, -0.2) is 60.9 Å². The Morgan fingerprint density at radius 3 is 2.57 bits per heavy atom. The Kier molecular flexibility index (Phi) is 5.27. The van der Waals surface area contributed by atoms with Crippen LogP contribution < -0.4 is 5.32 Å². The summed E-state index contributed by atoms with van der Waals surface area (Å²) >= 11 is 0. The maximum Gasteiger partial charge on any atom is 0.251 e. The molecule has 0 aromatic heterocycles. The molecule has 0 spiro atoms. The zero-order valence-corrected chi connectivity index (χ0v) is 12.1. The second kappa shape index (κ2) is 7.17. The summed E-state index contributed by atoms with van der Waals surface area (Å²) < 4.78 is 13.0. The quantitative estimate of drug-likeness (QED) is 0.890. The van der Waals surface area contributed by atoms with Gasteiger partial charge in [-0.15, -0.1) is 0 Å². The Labute approximate surface area is 123 Å². The van der Waals surface area contributed by atoms with Gasteiger partial charge in [0.15, 0.2) is 0 Å². The van der Waals surface area contributed by atoms with Crippen LogP contribution in [0.3, 0.4) is 0 Å². The van der Waals surface area contributed by atoms with Crippen molar-refractivity contribution in [2.75, 3.05) is 39.3 Å². The molecule has 0 bridgehead atoms. The van der Waals surface area contributed by atoms with Crippen molar-refractivity contribution in [3.05, 3.63) is 35.6 Å². The topological polar surface area (TPSA) is 52.6 Å². The van der Waals surface area contributed by atoms with Crippen molar-refractivity contribution in [1.82, 2.24) is 15.1 Å². The van der Waals surface area contributed by atoms with Crippen molar-refractivity contribution in [1.29, 1.82) is 0 Å². The fourth-order valence-corrected chi connectivity index (χ4v) is 2.31. The Balaban J connectivity index is 1.80. The summed E-state index contributed by atoms with van der Waals surface area (Å²) in [5.41, 5.74) is 0.221. The number of halogens is 1. The highest BCUT2D eigenvalue weighted by Gasteiger charge is 2.20. The van der Waals surface area contributed by atoms with Gasteiger partial charge in [-0.3, -0.25) is 9.59 Å². The minimum absolute atomic E-state index is 0.0541. The zero-order chi connectivity index (χ0) is 15.2. The van der Waals surface area contributed by atoms with Gasteiger partial charge in [-0.25, -0.2) is 4.39 Å². The van der Waals surface area contributed by atoms with Crippen molar-refractivity contribution in [2.45, 2.75) is 6.92 Å². The SMILES string of the molecule is CCN1CCN(C(=O)CNC(=O)c2cccc(F)c2)CC1. The van der Waals surface area contributed by atoms with Crippen molar-refractivity contribution in [2.24, 2.45) is 0 Å². The fraction of sp³-hybridized carbons (Fsp3) is 0.467. The highest BCUT2D eigenvalue weighted by Crippen LogP contribution is 2.04. The molecule has 0 unspecified atom stereocenters. The lowest BCUT2D eigenvalue weighted by Crippen LogP contribution is -2.51. The second-order valence-corrected chi connectivity index (χ2v) is 5.01. The number of likely N-dealkylation sites (N-methyl/N-ethyl adjacent to an activating group) is 1. The van der Waals surface area contributed by atoms with Crippen molar-refractivity contribution >= 4 is 11.8 Å². The van der Waals surface area contributed by atoms with Gasteiger partial charge in [-0.05, 0) is 24.7 Å². The first-order valence-electron chi connectivity index (χ1n) is 7.14. The molecule has 2 amide bonds. The van der Waals surface area contributed by atoms with Gasteiger partial charge in [0.05, 0.1) is 6.54 Å². The van der Waals surface area contributed by atoms with Crippen molar-refractivity contribution in [3.8, 4) is 0 Å². The van der Waals surface area contributed by atoms with Gasteiger partial charge in [0, 0.05) is 31.7 Å². The van der Waals surface area contributed by atoms with Crippen molar-refractivity contribution in [3.63, 3.8) is 0 Å². The Morgan fingerprint density at radius 1 is 1.24 bits per heavy atom. The molecular weight excluding hydrogens is 273 g/mol. The van der Waals surface area contributed by atoms with E-state index in [4.69, 9.17) is 0 Å². The number of hydrogen-bond acceptors (Lipinski definition) is 3. The van der Waals surface area contributed by atoms with Crippen LogP contribution in [0.15, 0.2) is 24.3 Å². The van der Waals surface area contributed by atoms with Crippen molar-refractivity contribution < 1.29 is 14.0 Å². The third kappa shape index (κ3) is 4.26. The average Bonchev–Trinajstić information content (AvgIpc) is 2.52. The largest absolute Gasteiger partial charge is 0.343 e. The lowest BCUT2D eigenvalue weighted by Gasteiger charge is -2.34. The molecule has 6 heteroatoms. The van der Waals surface area contributed by atoms with E-state index in [-0.39, 0.29) is 18.0 Å². The van der Waals surface area contributed by atoms with Crippen LogP contribution in [0.4, 0.5) is 4.39 Å². The number of amides is 2. The number of carbonyl (C=O) groups excluding carboxylic acids is 2. The van der Waals surface area contributed by atoms with Gasteiger partial charge in [0.1, 0.15) is 5.82 Å². The third-order valence-electron chi connectivity index (χ3n) is 3.66. The van der Waals surface area contributed by atoms with Crippen LogP contribution in [0, 0.1) is 5.82 Å². The highest BCUT2D eigenvalue weighted by molar-refractivity contribution is 5.96. The molecule has 1 saturated heterocycles. The average molecular weight is 293 g/mol. The molecule has 0 saturated carbocycles. The number of piperazine rings is 1. The smallest absolute Gasteiger partial charge is 0.251 e.